The van der Waals surface area contributed by atoms with Crippen LogP contribution in [-0.2, 0) is 0 Å². The van der Waals surface area contributed by atoms with Crippen molar-refractivity contribution < 1.29 is 5.11 Å². The molecular formula is C9H6N4O. The highest BCUT2D eigenvalue weighted by Crippen LogP contribution is 2.14. The molecule has 3 heterocycles. The Morgan fingerprint density at radius 1 is 1.29 bits per heavy atom. The van der Waals surface area contributed by atoms with Crippen molar-refractivity contribution in [2.24, 2.45) is 0 Å². The standard InChI is InChI=1S/C9H6N4O/c14-8-4-7-11-5-6-2-1-3-10-9(6)13(7)12-8/h1-5H,(H,12,14). The number of nitrogens with zero attached hydrogens (tertiary/aromatic N) is 4. The first kappa shape index (κ1) is 7.25. The molecule has 0 fully saturated rings. The van der Waals surface area contributed by atoms with Crippen LogP contribution < -0.4 is 0 Å². The topological polar surface area (TPSA) is 63.3 Å². The molecule has 0 radical (unpaired) electrons. The Kier molecular flexibility index (Phi) is 1.25. The average molecular weight is 186 g/mol. The second-order valence-corrected chi connectivity index (χ2v) is 2.95. The fourth-order valence-corrected chi connectivity index (χ4v) is 1.43. The maximum atomic E-state index is 9.22. The molecule has 0 unspecified atom stereocenters. The monoisotopic (exact) mass is 186 g/mol. The normalized spacial score (nSPS) is 11.1. The molecule has 0 aliphatic carbocycles. The summed E-state index contributed by atoms with van der Waals surface area (Å²) in [6.07, 6.45) is 3.39. The lowest BCUT2D eigenvalue weighted by molar-refractivity contribution is 0.450. The van der Waals surface area contributed by atoms with Gasteiger partial charge in [-0.05, 0) is 12.1 Å². The number of aromatic nitrogens is 4. The molecule has 0 aliphatic heterocycles. The van der Waals surface area contributed by atoms with E-state index in [2.05, 4.69) is 15.1 Å². The maximum Gasteiger partial charge on any atom is 0.233 e. The Morgan fingerprint density at radius 3 is 3.14 bits per heavy atom. The molecule has 0 spiro atoms. The molecule has 3 rings (SSSR count). The first-order chi connectivity index (χ1) is 6.84. The van der Waals surface area contributed by atoms with Crippen LogP contribution in [0.5, 0.6) is 5.88 Å². The van der Waals surface area contributed by atoms with Crippen molar-refractivity contribution in [2.45, 2.75) is 0 Å². The van der Waals surface area contributed by atoms with Crippen LogP contribution in [0.3, 0.4) is 0 Å². The van der Waals surface area contributed by atoms with Crippen molar-refractivity contribution in [3.8, 4) is 5.88 Å². The molecule has 5 nitrogen and oxygen atoms in total. The van der Waals surface area contributed by atoms with Gasteiger partial charge in [0.05, 0.1) is 0 Å². The van der Waals surface area contributed by atoms with Gasteiger partial charge in [-0.25, -0.2) is 9.97 Å². The van der Waals surface area contributed by atoms with E-state index in [1.54, 1.807) is 12.4 Å². The van der Waals surface area contributed by atoms with E-state index < -0.39 is 0 Å². The van der Waals surface area contributed by atoms with Gasteiger partial charge in [0.2, 0.25) is 5.88 Å². The van der Waals surface area contributed by atoms with Crippen LogP contribution in [0.25, 0.3) is 16.7 Å². The van der Waals surface area contributed by atoms with E-state index in [1.165, 1.54) is 10.6 Å². The van der Waals surface area contributed by atoms with Crippen molar-refractivity contribution >= 4 is 16.7 Å². The molecule has 5 heteroatoms. The molecule has 68 valence electrons. The van der Waals surface area contributed by atoms with E-state index in [1.807, 2.05) is 12.1 Å². The van der Waals surface area contributed by atoms with Gasteiger partial charge in [-0.2, -0.15) is 4.52 Å². The lowest BCUT2D eigenvalue weighted by Crippen LogP contribution is -1.94. The van der Waals surface area contributed by atoms with Crippen LogP contribution in [0.1, 0.15) is 0 Å². The highest BCUT2D eigenvalue weighted by atomic mass is 16.3. The third-order valence-corrected chi connectivity index (χ3v) is 2.03. The summed E-state index contributed by atoms with van der Waals surface area (Å²) in [5, 5.41) is 14.0. The molecule has 0 aliphatic rings. The zero-order chi connectivity index (χ0) is 9.54. The number of aromatic hydroxyl groups is 1. The van der Waals surface area contributed by atoms with Gasteiger partial charge in [-0.3, -0.25) is 0 Å². The molecule has 14 heavy (non-hydrogen) atoms. The second kappa shape index (κ2) is 2.41. The molecular weight excluding hydrogens is 180 g/mol. The van der Waals surface area contributed by atoms with Crippen LogP contribution in [0, 0.1) is 0 Å². The lowest BCUT2D eigenvalue weighted by Gasteiger charge is -1.97. The van der Waals surface area contributed by atoms with Crippen molar-refractivity contribution in [1.82, 2.24) is 19.6 Å². The largest absolute Gasteiger partial charge is 0.492 e. The lowest BCUT2D eigenvalue weighted by atomic mass is 10.3. The highest BCUT2D eigenvalue weighted by Gasteiger charge is 2.04. The fraction of sp³-hybridized carbons (Fsp3) is 0. The Hall–Kier alpha value is -2.17. The summed E-state index contributed by atoms with van der Waals surface area (Å²) >= 11 is 0. The fourth-order valence-electron chi connectivity index (χ4n) is 1.43. The molecule has 1 N–H and O–H groups in total. The molecule has 0 aromatic carbocycles. The number of fused-ring (bicyclic) bond motifs is 3. The molecule has 3 aromatic heterocycles. The summed E-state index contributed by atoms with van der Waals surface area (Å²) in [7, 11) is 0. The van der Waals surface area contributed by atoms with Gasteiger partial charge < -0.3 is 5.11 Å². The first-order valence-corrected chi connectivity index (χ1v) is 4.13. The van der Waals surface area contributed by atoms with Gasteiger partial charge in [0.1, 0.15) is 0 Å². The number of hydrogen-bond donors (Lipinski definition) is 1. The minimum absolute atomic E-state index is 0.0457. The predicted octanol–water partition coefficient (Wildman–Crippen LogP) is 0.983. The van der Waals surface area contributed by atoms with Crippen molar-refractivity contribution in [2.75, 3.05) is 0 Å². The Bertz CT molecular complexity index is 616. The zero-order valence-corrected chi connectivity index (χ0v) is 7.12. The third-order valence-electron chi connectivity index (χ3n) is 2.03. The smallest absolute Gasteiger partial charge is 0.233 e. The van der Waals surface area contributed by atoms with Crippen LogP contribution >= 0.6 is 0 Å². The van der Waals surface area contributed by atoms with E-state index in [0.717, 1.165) is 5.39 Å². The maximum absolute atomic E-state index is 9.22. The Morgan fingerprint density at radius 2 is 2.21 bits per heavy atom. The van der Waals surface area contributed by atoms with E-state index in [9.17, 15) is 5.11 Å². The van der Waals surface area contributed by atoms with Crippen molar-refractivity contribution in [3.05, 3.63) is 30.6 Å². The van der Waals surface area contributed by atoms with Gasteiger partial charge in [0.25, 0.3) is 0 Å². The summed E-state index contributed by atoms with van der Waals surface area (Å²) in [4.78, 5) is 8.30. The molecule has 0 saturated carbocycles. The number of rotatable bonds is 0. The zero-order valence-electron chi connectivity index (χ0n) is 7.12. The van der Waals surface area contributed by atoms with E-state index in [0.29, 0.717) is 11.3 Å². The van der Waals surface area contributed by atoms with Gasteiger partial charge in [0, 0.05) is 23.8 Å². The van der Waals surface area contributed by atoms with Crippen LogP contribution in [0.15, 0.2) is 30.6 Å². The number of pyridine rings is 1. The van der Waals surface area contributed by atoms with Crippen molar-refractivity contribution in [1.29, 1.82) is 0 Å². The molecule has 0 saturated heterocycles. The average Bonchev–Trinajstić information content (AvgIpc) is 2.59. The summed E-state index contributed by atoms with van der Waals surface area (Å²) in [6, 6.07) is 5.22. The quantitative estimate of drug-likeness (QED) is 0.568. The minimum atomic E-state index is -0.0457. The van der Waals surface area contributed by atoms with Crippen LogP contribution in [0.2, 0.25) is 0 Å². The van der Waals surface area contributed by atoms with Crippen molar-refractivity contribution in [3.63, 3.8) is 0 Å². The third kappa shape index (κ3) is 0.861. The van der Waals surface area contributed by atoms with E-state index in [-0.39, 0.29) is 5.88 Å². The van der Waals surface area contributed by atoms with Gasteiger partial charge in [-0.15, -0.1) is 5.10 Å². The summed E-state index contributed by atoms with van der Waals surface area (Å²) in [5.41, 5.74) is 1.28. The van der Waals surface area contributed by atoms with Gasteiger partial charge >= 0.3 is 0 Å². The molecule has 0 amide bonds. The van der Waals surface area contributed by atoms with E-state index >= 15 is 0 Å². The second-order valence-electron chi connectivity index (χ2n) is 2.95. The predicted molar refractivity (Wildman–Crippen MR) is 50.0 cm³/mol. The molecule has 3 aromatic rings. The Balaban J connectivity index is 2.60. The molecule has 0 atom stereocenters. The highest BCUT2D eigenvalue weighted by molar-refractivity contribution is 5.76. The van der Waals surface area contributed by atoms with E-state index in [4.69, 9.17) is 0 Å². The van der Waals surface area contributed by atoms with Gasteiger partial charge in [-0.1, -0.05) is 0 Å². The van der Waals surface area contributed by atoms with Gasteiger partial charge in [0.15, 0.2) is 11.3 Å². The summed E-state index contributed by atoms with van der Waals surface area (Å²) in [6.45, 7) is 0. The number of hydrogen-bond acceptors (Lipinski definition) is 4. The summed E-state index contributed by atoms with van der Waals surface area (Å²) < 4.78 is 1.52. The molecule has 0 bridgehead atoms. The first-order valence-electron chi connectivity index (χ1n) is 4.13. The van der Waals surface area contributed by atoms with Crippen LogP contribution in [0.4, 0.5) is 0 Å². The SMILES string of the molecule is Oc1cc2ncc3cccnc3n2n1. The Labute approximate surface area is 78.7 Å². The summed E-state index contributed by atoms with van der Waals surface area (Å²) in [5.74, 6) is -0.0457. The van der Waals surface area contributed by atoms with Crippen LogP contribution in [-0.4, -0.2) is 24.7 Å². The minimum Gasteiger partial charge on any atom is -0.492 e.